The minimum absolute atomic E-state index is 0.0492. The second-order valence-electron chi connectivity index (χ2n) is 17.7. The first-order chi connectivity index (χ1) is 24.6. The fourth-order valence-corrected chi connectivity index (χ4v) is 10.8. The van der Waals surface area contributed by atoms with Crippen LogP contribution in [0.5, 0.6) is 0 Å². The molecule has 2 aromatic rings. The average molecular weight is 933 g/mol. The van der Waals surface area contributed by atoms with Crippen molar-refractivity contribution >= 4 is 63.0 Å². The van der Waals surface area contributed by atoms with Crippen LogP contribution in [0.2, 0.25) is 36.3 Å². The molecule has 0 amide bonds. The van der Waals surface area contributed by atoms with Crippen LogP contribution < -0.4 is 0 Å². The highest BCUT2D eigenvalue weighted by atomic mass is 35.5. The molecule has 2 aromatic carbocycles. The third-order valence-corrected chi connectivity index (χ3v) is 22.6. The number of benzene rings is 2. The van der Waals surface area contributed by atoms with Crippen LogP contribution in [-0.2, 0) is 33.6 Å². The largest absolute Gasteiger partial charge is 0.416 e. The van der Waals surface area contributed by atoms with Gasteiger partial charge in [0.1, 0.15) is 8.67 Å². The van der Waals surface area contributed by atoms with Gasteiger partial charge in [-0.15, -0.1) is 46.4 Å². The van der Waals surface area contributed by atoms with E-state index < -0.39 is 129 Å². The topological polar surface area (TPSA) is 18.5 Å². The first-order valence-electron chi connectivity index (χ1n) is 17.3. The van der Waals surface area contributed by atoms with E-state index >= 15 is 0 Å². The highest BCUT2D eigenvalue weighted by Crippen LogP contribution is 2.73. The molecule has 0 N–H and O–H groups in total. The Hall–Kier alpha value is -0.886. The summed E-state index contributed by atoms with van der Waals surface area (Å²) in [6.45, 7) is 18.1. The van der Waals surface area contributed by atoms with Crippen LogP contribution >= 0.6 is 46.4 Å². The number of alkyl halides is 16. The smallest absolute Gasteiger partial charge is 0.411 e. The predicted molar refractivity (Wildman–Crippen MR) is 198 cm³/mol. The molecule has 318 valence electrons. The van der Waals surface area contributed by atoms with Gasteiger partial charge in [-0.25, -0.2) is 0 Å². The lowest BCUT2D eigenvalue weighted by Gasteiger charge is -2.46. The van der Waals surface area contributed by atoms with Crippen molar-refractivity contribution in [1.29, 1.82) is 0 Å². The molecule has 0 bridgehead atoms. The third kappa shape index (κ3) is 9.52. The van der Waals surface area contributed by atoms with Crippen molar-refractivity contribution in [2.45, 2.75) is 135 Å². The zero-order valence-corrected chi connectivity index (χ0v) is 36.8. The number of hydrogen-bond donors (Lipinski definition) is 0. The molecular weight excluding hydrogens is 890 g/mol. The van der Waals surface area contributed by atoms with Crippen molar-refractivity contribution in [2.75, 3.05) is 0 Å². The van der Waals surface area contributed by atoms with Crippen LogP contribution in [0.3, 0.4) is 0 Å². The molecule has 0 radical (unpaired) electrons. The minimum atomic E-state index is -5.22. The first kappa shape index (κ1) is 47.8. The van der Waals surface area contributed by atoms with Gasteiger partial charge in [-0.2, -0.15) is 52.7 Å². The summed E-state index contributed by atoms with van der Waals surface area (Å²) in [6, 6.07) is 1.91. The Balaban J connectivity index is 2.02. The highest BCUT2D eigenvalue weighted by molar-refractivity contribution is 6.74. The van der Waals surface area contributed by atoms with E-state index in [9.17, 15) is 52.7 Å². The molecule has 0 heterocycles. The molecule has 2 nitrogen and oxygen atoms in total. The molecule has 2 fully saturated rings. The summed E-state index contributed by atoms with van der Waals surface area (Å²) >= 11 is 27.4. The van der Waals surface area contributed by atoms with Gasteiger partial charge < -0.3 is 8.85 Å². The van der Waals surface area contributed by atoms with E-state index in [1.807, 2.05) is 41.5 Å². The summed E-state index contributed by atoms with van der Waals surface area (Å²) in [6.07, 6.45) is -23.8. The van der Waals surface area contributed by atoms with Crippen LogP contribution in [0.15, 0.2) is 36.4 Å². The zero-order chi connectivity index (χ0) is 43.6. The van der Waals surface area contributed by atoms with Crippen LogP contribution in [0.4, 0.5) is 52.7 Å². The van der Waals surface area contributed by atoms with E-state index in [2.05, 4.69) is 0 Å². The van der Waals surface area contributed by atoms with Crippen molar-refractivity contribution in [1.82, 2.24) is 0 Å². The molecule has 2 aliphatic rings. The Morgan fingerprint density at radius 1 is 0.464 bits per heavy atom. The molecule has 6 atom stereocenters. The van der Waals surface area contributed by atoms with Gasteiger partial charge in [0.2, 0.25) is 0 Å². The van der Waals surface area contributed by atoms with Crippen molar-refractivity contribution < 1.29 is 61.5 Å². The molecule has 0 aliphatic heterocycles. The summed E-state index contributed by atoms with van der Waals surface area (Å²) in [4.78, 5) is 0. The molecule has 0 unspecified atom stereocenters. The molecule has 0 aromatic heterocycles. The van der Waals surface area contributed by atoms with Crippen molar-refractivity contribution in [2.24, 2.45) is 11.8 Å². The van der Waals surface area contributed by atoms with Gasteiger partial charge in [0.25, 0.3) is 0 Å². The maximum absolute atomic E-state index is 14.0. The van der Waals surface area contributed by atoms with E-state index in [1.165, 1.54) is 0 Å². The highest BCUT2D eigenvalue weighted by Gasteiger charge is 2.75. The number of halogens is 16. The van der Waals surface area contributed by atoms with E-state index in [4.69, 9.17) is 55.3 Å². The normalized spacial score (nSPS) is 24.5. The van der Waals surface area contributed by atoms with Crippen molar-refractivity contribution in [3.05, 3.63) is 69.8 Å². The van der Waals surface area contributed by atoms with Gasteiger partial charge >= 0.3 is 24.7 Å². The first-order valence-corrected chi connectivity index (χ1v) is 24.6. The fourth-order valence-electron chi connectivity index (χ4n) is 6.42. The van der Waals surface area contributed by atoms with E-state index in [0.717, 1.165) is 0 Å². The molecular formula is C36H42Cl4F12O2Si2. The van der Waals surface area contributed by atoms with E-state index in [0.29, 0.717) is 24.3 Å². The number of rotatable bonds is 9. The van der Waals surface area contributed by atoms with Crippen LogP contribution in [-0.4, -0.2) is 37.5 Å². The maximum Gasteiger partial charge on any atom is 0.416 e. The summed E-state index contributed by atoms with van der Waals surface area (Å²) in [5.41, 5.74) is -7.55. The van der Waals surface area contributed by atoms with Gasteiger partial charge in [0.15, 0.2) is 16.6 Å². The van der Waals surface area contributed by atoms with Crippen molar-refractivity contribution in [3.63, 3.8) is 0 Å². The molecule has 4 rings (SSSR count). The van der Waals surface area contributed by atoms with Gasteiger partial charge in [0.05, 0.1) is 34.5 Å². The molecule has 2 aliphatic carbocycles. The predicted octanol–water partition coefficient (Wildman–Crippen LogP) is 15.0. The SMILES string of the molecule is CC(C)(C)[Si](C)(C)O[C@@H]([C@H](O[Si](C)(C)C(C)(C)C)[C@H]1[C@H](c2cc(C(F)(F)F)cc(C(F)(F)F)c2)C1(Cl)Cl)[C@H]1[C@H](c2cc(C(F)(F)F)cc(C(F)(F)F)c2)C1(Cl)Cl. The summed E-state index contributed by atoms with van der Waals surface area (Å²) in [5.74, 6) is -5.59. The Morgan fingerprint density at radius 2 is 0.679 bits per heavy atom. The van der Waals surface area contributed by atoms with Gasteiger partial charge in [-0.05, 0) is 83.8 Å². The lowest BCUT2D eigenvalue weighted by molar-refractivity contribution is -0.144. The molecule has 0 saturated heterocycles. The van der Waals surface area contributed by atoms with E-state index in [1.54, 1.807) is 26.2 Å². The Morgan fingerprint density at radius 3 is 0.857 bits per heavy atom. The monoisotopic (exact) mass is 930 g/mol. The molecule has 2 saturated carbocycles. The summed E-state index contributed by atoms with van der Waals surface area (Å²) < 4.78 is 178. The fraction of sp³-hybridized carbons (Fsp3) is 0.667. The molecule has 0 spiro atoms. The average Bonchev–Trinajstić information content (AvgIpc) is 3.76. The second kappa shape index (κ2) is 14.4. The minimum Gasteiger partial charge on any atom is -0.411 e. The van der Waals surface area contributed by atoms with Gasteiger partial charge in [-0.3, -0.25) is 0 Å². The van der Waals surface area contributed by atoms with Crippen molar-refractivity contribution in [3.8, 4) is 0 Å². The second-order valence-corrected chi connectivity index (χ2v) is 30.1. The standard InChI is InChI=1S/C36H42Cl4F12O2Si2/c1-29(2,3)55(7,8)53-27(25-23(31(25,37)38)17-11-19(33(41,42)43)15-20(12-17)34(44,45)46)28(54-56(9,10)30(4,5)6)26-24(32(26,39)40)18-13-21(35(47,48)49)16-22(14-18)36(50,51)52/h11-16,23-28H,1-10H3/t23-,24-,25+,26+,27+,28+/m0/s1. The van der Waals surface area contributed by atoms with E-state index in [-0.39, 0.29) is 12.1 Å². The molecule has 56 heavy (non-hydrogen) atoms. The van der Waals surface area contributed by atoms with Crippen LogP contribution in [0.25, 0.3) is 0 Å². The Bertz CT molecular complexity index is 1600. The molecule has 20 heteroatoms. The summed E-state index contributed by atoms with van der Waals surface area (Å²) in [7, 11) is -6.22. The third-order valence-electron chi connectivity index (χ3n) is 11.7. The van der Waals surface area contributed by atoms with Gasteiger partial charge in [-0.1, -0.05) is 41.5 Å². The summed E-state index contributed by atoms with van der Waals surface area (Å²) in [5, 5.41) is -1.24. The zero-order valence-electron chi connectivity index (χ0n) is 31.8. The van der Waals surface area contributed by atoms with Crippen LogP contribution in [0, 0.1) is 11.8 Å². The quantitative estimate of drug-likeness (QED) is 0.142. The number of hydrogen-bond acceptors (Lipinski definition) is 2. The van der Waals surface area contributed by atoms with Gasteiger partial charge in [0, 0.05) is 23.7 Å². The lowest BCUT2D eigenvalue weighted by Crippen LogP contribution is -2.54. The maximum atomic E-state index is 14.0. The Labute approximate surface area is 340 Å². The lowest BCUT2D eigenvalue weighted by atomic mass is 9.95. The Kier molecular flexibility index (Phi) is 12.3. The van der Waals surface area contributed by atoms with Crippen LogP contribution in [0.1, 0.15) is 86.8 Å².